The topological polar surface area (TPSA) is 46.2 Å². The third-order valence-electron chi connectivity index (χ3n) is 2.76. The van der Waals surface area contributed by atoms with Crippen LogP contribution in [-0.2, 0) is 23.7 Å². The average molecular weight is 252 g/mol. The fourth-order valence-corrected chi connectivity index (χ4v) is 2.45. The second-order valence-corrected chi connectivity index (χ2v) is 4.13. The van der Waals surface area contributed by atoms with E-state index in [4.69, 9.17) is 23.7 Å². The van der Waals surface area contributed by atoms with E-state index in [2.05, 4.69) is 12.6 Å². The number of hydrogen-bond donors (Lipinski definition) is 1. The van der Waals surface area contributed by atoms with Crippen molar-refractivity contribution in [3.05, 3.63) is 0 Å². The molecule has 0 aromatic rings. The number of methoxy groups -OCH3 is 4. The summed E-state index contributed by atoms with van der Waals surface area (Å²) in [6.45, 7) is 0.436. The van der Waals surface area contributed by atoms with E-state index >= 15 is 0 Å². The Morgan fingerprint density at radius 3 is 1.94 bits per heavy atom. The van der Waals surface area contributed by atoms with Crippen LogP contribution in [0.25, 0.3) is 0 Å². The zero-order valence-corrected chi connectivity index (χ0v) is 11.0. The first-order valence-electron chi connectivity index (χ1n) is 5.10. The van der Waals surface area contributed by atoms with Crippen LogP contribution < -0.4 is 0 Å². The Bertz CT molecular complexity index is 204. The van der Waals surface area contributed by atoms with Gasteiger partial charge >= 0.3 is 0 Å². The van der Waals surface area contributed by atoms with E-state index in [1.807, 2.05) is 0 Å². The summed E-state index contributed by atoms with van der Waals surface area (Å²) in [5.74, 6) is 0. The van der Waals surface area contributed by atoms with Gasteiger partial charge in [-0.1, -0.05) is 0 Å². The molecule has 5 atom stereocenters. The second kappa shape index (κ2) is 6.78. The molecule has 0 amide bonds. The molecular formula is C10H20O5S. The van der Waals surface area contributed by atoms with E-state index in [1.165, 1.54) is 0 Å². The van der Waals surface area contributed by atoms with Gasteiger partial charge in [-0.05, 0) is 0 Å². The van der Waals surface area contributed by atoms with Gasteiger partial charge in [-0.25, -0.2) is 0 Å². The molecular weight excluding hydrogens is 232 g/mol. The van der Waals surface area contributed by atoms with Crippen molar-refractivity contribution < 1.29 is 23.7 Å². The summed E-state index contributed by atoms with van der Waals surface area (Å²) in [6.07, 6.45) is -0.898. The summed E-state index contributed by atoms with van der Waals surface area (Å²) >= 11 is 4.34. The molecule has 1 saturated heterocycles. The first-order chi connectivity index (χ1) is 7.69. The van der Waals surface area contributed by atoms with Crippen molar-refractivity contribution in [1.29, 1.82) is 0 Å². The maximum Gasteiger partial charge on any atom is 0.129 e. The van der Waals surface area contributed by atoms with Gasteiger partial charge < -0.3 is 23.7 Å². The molecule has 0 aromatic heterocycles. The van der Waals surface area contributed by atoms with E-state index in [0.717, 1.165) is 0 Å². The van der Waals surface area contributed by atoms with Crippen molar-refractivity contribution in [2.75, 3.05) is 35.0 Å². The molecule has 96 valence electrons. The standard InChI is InChI=1S/C10H20O5S/c1-11-5-6-7(12-2)8(13-3)9(14-4)10(16)15-6/h6-10,16H,5H2,1-4H3/t6-,7+,8+,9-,10+/m1/s1. The molecule has 1 aliphatic heterocycles. The van der Waals surface area contributed by atoms with Crippen molar-refractivity contribution >= 4 is 12.6 Å². The summed E-state index contributed by atoms with van der Waals surface area (Å²) in [5, 5.41) is 0. The van der Waals surface area contributed by atoms with Gasteiger partial charge in [-0.2, -0.15) is 0 Å². The fraction of sp³-hybridized carbons (Fsp3) is 1.00. The summed E-state index contributed by atoms with van der Waals surface area (Å²) in [5.41, 5.74) is -0.346. The Morgan fingerprint density at radius 2 is 1.50 bits per heavy atom. The molecule has 16 heavy (non-hydrogen) atoms. The SMILES string of the molecule is COC[C@H]1O[C@@H](S)[C@H](OC)[C@@H](OC)[C@H]1OC. The lowest BCUT2D eigenvalue weighted by molar-refractivity contribution is -0.228. The zero-order valence-electron chi connectivity index (χ0n) is 10.1. The smallest absolute Gasteiger partial charge is 0.129 e. The molecule has 0 aromatic carbocycles. The predicted octanol–water partition coefficient (Wildman–Crippen LogP) is 0.332. The van der Waals surface area contributed by atoms with E-state index in [-0.39, 0.29) is 29.9 Å². The third-order valence-corrected chi connectivity index (χ3v) is 3.17. The molecule has 1 fully saturated rings. The summed E-state index contributed by atoms with van der Waals surface area (Å²) in [7, 11) is 6.47. The van der Waals surface area contributed by atoms with Crippen LogP contribution in [0.15, 0.2) is 0 Å². The van der Waals surface area contributed by atoms with Crippen LogP contribution in [0.1, 0.15) is 0 Å². The highest BCUT2D eigenvalue weighted by atomic mass is 32.1. The van der Waals surface area contributed by atoms with Crippen LogP contribution in [0.3, 0.4) is 0 Å². The largest absolute Gasteiger partial charge is 0.382 e. The molecule has 0 bridgehead atoms. The first kappa shape index (κ1) is 14.2. The van der Waals surface area contributed by atoms with Crippen LogP contribution in [0, 0.1) is 0 Å². The average Bonchev–Trinajstić information content (AvgIpc) is 2.28. The quantitative estimate of drug-likeness (QED) is 0.715. The Labute approximate surface area is 102 Å². The van der Waals surface area contributed by atoms with Crippen LogP contribution >= 0.6 is 12.6 Å². The van der Waals surface area contributed by atoms with Gasteiger partial charge in [0.1, 0.15) is 29.9 Å². The maximum atomic E-state index is 5.67. The lowest BCUT2D eigenvalue weighted by Crippen LogP contribution is -2.59. The van der Waals surface area contributed by atoms with E-state index < -0.39 is 0 Å². The third kappa shape index (κ3) is 2.88. The Kier molecular flexibility index (Phi) is 6.02. The van der Waals surface area contributed by atoms with Gasteiger partial charge in [-0.15, -0.1) is 12.6 Å². The normalized spacial score (nSPS) is 39.9. The summed E-state index contributed by atoms with van der Waals surface area (Å²) in [6, 6.07) is 0. The van der Waals surface area contributed by atoms with Crippen molar-refractivity contribution in [2.24, 2.45) is 0 Å². The van der Waals surface area contributed by atoms with E-state index in [1.54, 1.807) is 28.4 Å². The number of hydrogen-bond acceptors (Lipinski definition) is 6. The minimum atomic E-state index is -0.346. The summed E-state index contributed by atoms with van der Waals surface area (Å²) < 4.78 is 26.9. The Hall–Kier alpha value is 0.150. The second-order valence-electron chi connectivity index (χ2n) is 3.62. The van der Waals surface area contributed by atoms with Gasteiger partial charge in [0, 0.05) is 28.4 Å². The molecule has 0 radical (unpaired) electrons. The van der Waals surface area contributed by atoms with Crippen LogP contribution in [-0.4, -0.2) is 64.9 Å². The molecule has 0 spiro atoms. The maximum absolute atomic E-state index is 5.67. The highest BCUT2D eigenvalue weighted by molar-refractivity contribution is 7.80. The summed E-state index contributed by atoms with van der Waals surface area (Å²) in [4.78, 5) is 0. The molecule has 0 unspecified atom stereocenters. The van der Waals surface area contributed by atoms with Crippen LogP contribution in [0.5, 0.6) is 0 Å². The minimum absolute atomic E-state index is 0.200. The first-order valence-corrected chi connectivity index (χ1v) is 5.62. The zero-order chi connectivity index (χ0) is 12.1. The monoisotopic (exact) mass is 252 g/mol. The fourth-order valence-electron chi connectivity index (χ4n) is 2.00. The van der Waals surface area contributed by atoms with Gasteiger partial charge in [0.2, 0.25) is 0 Å². The van der Waals surface area contributed by atoms with Crippen molar-refractivity contribution in [3.8, 4) is 0 Å². The number of ether oxygens (including phenoxy) is 5. The van der Waals surface area contributed by atoms with Gasteiger partial charge in [0.05, 0.1) is 6.61 Å². The Balaban J connectivity index is 2.78. The van der Waals surface area contributed by atoms with Crippen molar-refractivity contribution in [3.63, 3.8) is 0 Å². The molecule has 0 aliphatic carbocycles. The number of rotatable bonds is 5. The van der Waals surface area contributed by atoms with Crippen LogP contribution in [0.2, 0.25) is 0 Å². The minimum Gasteiger partial charge on any atom is -0.382 e. The molecule has 1 heterocycles. The van der Waals surface area contributed by atoms with Gasteiger partial charge in [0.15, 0.2) is 0 Å². The highest BCUT2D eigenvalue weighted by Gasteiger charge is 2.45. The molecule has 5 nitrogen and oxygen atoms in total. The number of thiol groups is 1. The van der Waals surface area contributed by atoms with Crippen molar-refractivity contribution in [1.82, 2.24) is 0 Å². The van der Waals surface area contributed by atoms with Gasteiger partial charge in [0.25, 0.3) is 0 Å². The molecule has 0 N–H and O–H groups in total. The Morgan fingerprint density at radius 1 is 0.938 bits per heavy atom. The lowest BCUT2D eigenvalue weighted by Gasteiger charge is -2.43. The van der Waals surface area contributed by atoms with E-state index in [9.17, 15) is 0 Å². The predicted molar refractivity (Wildman–Crippen MR) is 61.9 cm³/mol. The molecule has 1 aliphatic rings. The van der Waals surface area contributed by atoms with E-state index in [0.29, 0.717) is 6.61 Å². The highest BCUT2D eigenvalue weighted by Crippen LogP contribution is 2.28. The molecule has 0 saturated carbocycles. The van der Waals surface area contributed by atoms with Crippen molar-refractivity contribution in [2.45, 2.75) is 29.9 Å². The van der Waals surface area contributed by atoms with Gasteiger partial charge in [-0.3, -0.25) is 0 Å². The molecule has 6 heteroatoms. The van der Waals surface area contributed by atoms with Crippen LogP contribution in [0.4, 0.5) is 0 Å². The molecule has 1 rings (SSSR count). The lowest BCUT2D eigenvalue weighted by atomic mass is 9.99.